The molecule has 5 nitrogen and oxygen atoms in total. The number of methoxy groups -OCH3 is 1. The second kappa shape index (κ2) is 5.31. The van der Waals surface area contributed by atoms with Gasteiger partial charge < -0.3 is 10.1 Å². The quantitative estimate of drug-likeness (QED) is 0.834. The van der Waals surface area contributed by atoms with E-state index in [9.17, 15) is 4.79 Å². The molecule has 0 fully saturated rings. The van der Waals surface area contributed by atoms with E-state index in [0.717, 1.165) is 17.7 Å². The molecule has 0 aliphatic rings. The van der Waals surface area contributed by atoms with Crippen molar-refractivity contribution in [1.29, 1.82) is 0 Å². The Morgan fingerprint density at radius 3 is 2.76 bits per heavy atom. The van der Waals surface area contributed by atoms with E-state index in [1.807, 2.05) is 20.2 Å². The summed E-state index contributed by atoms with van der Waals surface area (Å²) in [5, 5.41) is 7.18. The number of nitrogens with zero attached hydrogens (tertiary/aromatic N) is 2. The number of hydrogen-bond donors (Lipinski definition) is 1. The predicted octanol–water partition coefficient (Wildman–Crippen LogP) is 1.02. The molecule has 0 aliphatic heterocycles. The van der Waals surface area contributed by atoms with Gasteiger partial charge in [0.2, 0.25) is 0 Å². The van der Waals surface area contributed by atoms with Crippen molar-refractivity contribution in [3.8, 4) is 0 Å². The summed E-state index contributed by atoms with van der Waals surface area (Å²) in [5.74, 6) is -0.120. The van der Waals surface area contributed by atoms with E-state index >= 15 is 0 Å². The molecule has 0 radical (unpaired) electrons. The van der Waals surface area contributed by atoms with Gasteiger partial charge in [0, 0.05) is 32.5 Å². The number of amides is 1. The van der Waals surface area contributed by atoms with Crippen molar-refractivity contribution >= 4 is 5.91 Å². The molecule has 96 valence electrons. The van der Waals surface area contributed by atoms with Crippen molar-refractivity contribution in [2.45, 2.75) is 39.3 Å². The van der Waals surface area contributed by atoms with Gasteiger partial charge in [-0.1, -0.05) is 6.92 Å². The highest BCUT2D eigenvalue weighted by molar-refractivity contribution is 5.84. The molecule has 17 heavy (non-hydrogen) atoms. The zero-order valence-corrected chi connectivity index (χ0v) is 11.2. The van der Waals surface area contributed by atoms with E-state index in [0.29, 0.717) is 6.54 Å². The van der Waals surface area contributed by atoms with Crippen molar-refractivity contribution in [3.63, 3.8) is 0 Å². The summed E-state index contributed by atoms with van der Waals surface area (Å²) in [7, 11) is 3.41. The number of hydrogen-bond acceptors (Lipinski definition) is 3. The summed E-state index contributed by atoms with van der Waals surface area (Å²) in [5.41, 5.74) is 1.27. The van der Waals surface area contributed by atoms with Crippen LogP contribution in [0.3, 0.4) is 0 Å². The van der Waals surface area contributed by atoms with Crippen molar-refractivity contribution in [1.82, 2.24) is 15.1 Å². The Morgan fingerprint density at radius 1 is 1.59 bits per heavy atom. The molecular weight excluding hydrogens is 218 g/mol. The number of aryl methyl sites for hydroxylation is 2. The van der Waals surface area contributed by atoms with E-state index < -0.39 is 5.60 Å². The maximum Gasteiger partial charge on any atom is 0.251 e. The summed E-state index contributed by atoms with van der Waals surface area (Å²) in [4.78, 5) is 11.8. The van der Waals surface area contributed by atoms with Crippen LogP contribution in [0.15, 0.2) is 6.20 Å². The zero-order chi connectivity index (χ0) is 13.1. The van der Waals surface area contributed by atoms with Crippen LogP contribution in [0.4, 0.5) is 0 Å². The Kier molecular flexibility index (Phi) is 4.28. The first-order valence-electron chi connectivity index (χ1n) is 5.75. The Morgan fingerprint density at radius 2 is 2.24 bits per heavy atom. The summed E-state index contributed by atoms with van der Waals surface area (Å²) in [6.07, 6.45) is 2.79. The molecular formula is C12H21N3O2. The summed E-state index contributed by atoms with van der Waals surface area (Å²) in [6.45, 7) is 6.02. The molecule has 1 aromatic heterocycles. The third kappa shape index (κ3) is 3.30. The molecule has 0 spiro atoms. The van der Waals surface area contributed by atoms with Gasteiger partial charge >= 0.3 is 0 Å². The van der Waals surface area contributed by atoms with Gasteiger partial charge in [-0.2, -0.15) is 5.10 Å². The number of aromatic nitrogens is 2. The number of nitrogens with one attached hydrogen (secondary N) is 1. The fraction of sp³-hybridized carbons (Fsp3) is 0.667. The van der Waals surface area contributed by atoms with Crippen molar-refractivity contribution in [2.75, 3.05) is 7.11 Å². The summed E-state index contributed by atoms with van der Waals surface area (Å²) >= 11 is 0. The van der Waals surface area contributed by atoms with Crippen LogP contribution >= 0.6 is 0 Å². The average Bonchev–Trinajstić information content (AvgIpc) is 2.66. The lowest BCUT2D eigenvalue weighted by Crippen LogP contribution is -2.43. The van der Waals surface area contributed by atoms with Crippen LogP contribution in [0, 0.1) is 0 Å². The molecule has 0 saturated heterocycles. The molecule has 1 amide bonds. The topological polar surface area (TPSA) is 56.2 Å². The number of rotatable bonds is 5. The molecule has 0 saturated carbocycles. The highest BCUT2D eigenvalue weighted by Gasteiger charge is 2.26. The molecule has 0 unspecified atom stereocenters. The van der Waals surface area contributed by atoms with Crippen LogP contribution in [0.1, 0.15) is 32.0 Å². The van der Waals surface area contributed by atoms with Crippen molar-refractivity contribution < 1.29 is 9.53 Å². The van der Waals surface area contributed by atoms with Crippen LogP contribution in [0.2, 0.25) is 0 Å². The van der Waals surface area contributed by atoms with Gasteiger partial charge in [-0.25, -0.2) is 0 Å². The number of carbonyl (C=O) groups is 1. The van der Waals surface area contributed by atoms with Gasteiger partial charge in [0.15, 0.2) is 0 Å². The molecule has 1 N–H and O–H groups in total. The Labute approximate surface area is 102 Å². The van der Waals surface area contributed by atoms with Gasteiger partial charge in [0.1, 0.15) is 5.60 Å². The second-order valence-electron chi connectivity index (χ2n) is 4.53. The molecule has 0 aliphatic carbocycles. The highest BCUT2D eigenvalue weighted by atomic mass is 16.5. The van der Waals surface area contributed by atoms with Gasteiger partial charge in [-0.3, -0.25) is 9.48 Å². The lowest BCUT2D eigenvalue weighted by molar-refractivity contribution is -0.139. The van der Waals surface area contributed by atoms with Crippen LogP contribution in [-0.2, 0) is 29.5 Å². The maximum absolute atomic E-state index is 11.8. The first-order chi connectivity index (χ1) is 7.90. The molecule has 0 bridgehead atoms. The minimum atomic E-state index is -0.797. The van der Waals surface area contributed by atoms with E-state index in [4.69, 9.17) is 4.74 Å². The Bertz CT molecular complexity index is 396. The minimum absolute atomic E-state index is 0.120. The Balaban J connectivity index is 2.64. The summed E-state index contributed by atoms with van der Waals surface area (Å²) < 4.78 is 6.88. The smallest absolute Gasteiger partial charge is 0.251 e. The van der Waals surface area contributed by atoms with E-state index in [1.54, 1.807) is 18.5 Å². The molecule has 0 aromatic carbocycles. The third-order valence-electron chi connectivity index (χ3n) is 2.82. The molecule has 1 aromatic rings. The lowest BCUT2D eigenvalue weighted by atomic mass is 10.1. The van der Waals surface area contributed by atoms with E-state index in [1.165, 1.54) is 7.11 Å². The van der Waals surface area contributed by atoms with Crippen LogP contribution < -0.4 is 5.32 Å². The van der Waals surface area contributed by atoms with Crippen LogP contribution in [0.25, 0.3) is 0 Å². The van der Waals surface area contributed by atoms with E-state index in [2.05, 4.69) is 10.4 Å². The second-order valence-corrected chi connectivity index (χ2v) is 4.53. The predicted molar refractivity (Wildman–Crippen MR) is 65.5 cm³/mol. The average molecular weight is 239 g/mol. The molecule has 1 rings (SSSR count). The van der Waals surface area contributed by atoms with Gasteiger partial charge in [0.05, 0.1) is 5.69 Å². The fourth-order valence-electron chi connectivity index (χ4n) is 1.51. The Hall–Kier alpha value is -1.36. The standard InChI is InChI=1S/C12H21N3O2/c1-6-10-9(8-15(4)14-10)7-13-11(16)12(2,3)17-5/h8H,6-7H2,1-5H3,(H,13,16). The fourth-order valence-corrected chi connectivity index (χ4v) is 1.51. The highest BCUT2D eigenvalue weighted by Crippen LogP contribution is 2.10. The number of carbonyl (C=O) groups excluding carboxylic acids is 1. The minimum Gasteiger partial charge on any atom is -0.369 e. The first-order valence-corrected chi connectivity index (χ1v) is 5.75. The molecule has 0 atom stereocenters. The van der Waals surface area contributed by atoms with Crippen LogP contribution in [0.5, 0.6) is 0 Å². The SMILES string of the molecule is CCc1nn(C)cc1CNC(=O)C(C)(C)OC. The van der Waals surface area contributed by atoms with E-state index in [-0.39, 0.29) is 5.91 Å². The molecule has 5 heteroatoms. The largest absolute Gasteiger partial charge is 0.369 e. The molecule has 1 heterocycles. The van der Waals surface area contributed by atoms with Gasteiger partial charge in [-0.15, -0.1) is 0 Å². The third-order valence-corrected chi connectivity index (χ3v) is 2.82. The van der Waals surface area contributed by atoms with Crippen LogP contribution in [-0.4, -0.2) is 28.4 Å². The first kappa shape index (κ1) is 13.7. The maximum atomic E-state index is 11.8. The monoisotopic (exact) mass is 239 g/mol. The zero-order valence-electron chi connectivity index (χ0n) is 11.2. The summed E-state index contributed by atoms with van der Waals surface area (Å²) in [6, 6.07) is 0. The van der Waals surface area contributed by atoms with Crippen molar-refractivity contribution in [3.05, 3.63) is 17.5 Å². The number of ether oxygens (including phenoxy) is 1. The van der Waals surface area contributed by atoms with Gasteiger partial charge in [0.25, 0.3) is 5.91 Å². The van der Waals surface area contributed by atoms with Gasteiger partial charge in [-0.05, 0) is 20.3 Å². The lowest BCUT2D eigenvalue weighted by Gasteiger charge is -2.21. The van der Waals surface area contributed by atoms with Crippen molar-refractivity contribution in [2.24, 2.45) is 7.05 Å². The normalized spacial score (nSPS) is 11.6.